The minimum absolute atomic E-state index is 0.292. The van der Waals surface area contributed by atoms with Gasteiger partial charge in [-0.3, -0.25) is 0 Å². The average molecular weight is 525 g/mol. The number of benzene rings is 4. The predicted molar refractivity (Wildman–Crippen MR) is 151 cm³/mol. The molecule has 0 aromatic heterocycles. The summed E-state index contributed by atoms with van der Waals surface area (Å²) in [6.07, 6.45) is -1.30. The molecule has 202 valence electrons. The van der Waals surface area contributed by atoms with Crippen molar-refractivity contribution in [2.45, 2.75) is 50.8 Å². The first-order chi connectivity index (χ1) is 19.3. The van der Waals surface area contributed by atoms with Crippen LogP contribution in [0.5, 0.6) is 0 Å². The summed E-state index contributed by atoms with van der Waals surface area (Å²) in [5.74, 6) is 0. The summed E-state index contributed by atoms with van der Waals surface area (Å²) in [4.78, 5) is 0. The van der Waals surface area contributed by atoms with E-state index in [0.717, 1.165) is 22.3 Å². The Bertz CT molecular complexity index is 1200. The molecule has 0 spiro atoms. The second kappa shape index (κ2) is 14.7. The molecule has 0 radical (unpaired) electrons. The van der Waals surface area contributed by atoms with Gasteiger partial charge in [-0.1, -0.05) is 121 Å². The monoisotopic (exact) mass is 524 g/mol. The lowest BCUT2D eigenvalue weighted by Crippen LogP contribution is -2.57. The van der Waals surface area contributed by atoms with E-state index < -0.39 is 0 Å². The van der Waals surface area contributed by atoms with Gasteiger partial charge in [-0.15, -0.1) is 0 Å². The van der Waals surface area contributed by atoms with E-state index >= 15 is 0 Å². The molecule has 0 N–H and O–H groups in total. The van der Waals surface area contributed by atoms with Crippen LogP contribution in [0.2, 0.25) is 0 Å². The van der Waals surface area contributed by atoms with Crippen LogP contribution in [0.15, 0.2) is 121 Å². The third kappa shape index (κ3) is 8.33. The molecular formula is C34H36O5. The maximum Gasteiger partial charge on any atom is 0.115 e. The molecule has 39 heavy (non-hydrogen) atoms. The maximum atomic E-state index is 6.58. The second-order valence-electron chi connectivity index (χ2n) is 9.73. The van der Waals surface area contributed by atoms with E-state index in [1.165, 1.54) is 0 Å². The van der Waals surface area contributed by atoms with Gasteiger partial charge in [-0.25, -0.2) is 0 Å². The van der Waals surface area contributed by atoms with Gasteiger partial charge in [-0.05, 0) is 22.3 Å². The van der Waals surface area contributed by atoms with Crippen LogP contribution in [-0.4, -0.2) is 37.6 Å². The van der Waals surface area contributed by atoms with E-state index in [1.807, 2.05) is 72.8 Å². The Kier molecular flexibility index (Phi) is 10.3. The van der Waals surface area contributed by atoms with Crippen LogP contribution in [0.4, 0.5) is 0 Å². The first-order valence-electron chi connectivity index (χ1n) is 13.5. The number of rotatable bonds is 13. The van der Waals surface area contributed by atoms with E-state index in [4.69, 9.17) is 23.7 Å². The average Bonchev–Trinajstić information content (AvgIpc) is 3.00. The zero-order valence-electron chi connectivity index (χ0n) is 22.1. The quantitative estimate of drug-likeness (QED) is 0.204. The lowest BCUT2D eigenvalue weighted by Gasteiger charge is -2.42. The first-order valence-corrected chi connectivity index (χ1v) is 13.5. The highest BCUT2D eigenvalue weighted by molar-refractivity contribution is 5.16. The molecule has 1 fully saturated rings. The Hall–Kier alpha value is -3.32. The zero-order valence-corrected chi connectivity index (χ0v) is 22.1. The van der Waals surface area contributed by atoms with Crippen molar-refractivity contribution in [2.24, 2.45) is 0 Å². The van der Waals surface area contributed by atoms with Gasteiger partial charge in [0.05, 0.1) is 39.6 Å². The smallest absolute Gasteiger partial charge is 0.115 e. The molecule has 0 unspecified atom stereocenters. The third-order valence-corrected chi connectivity index (χ3v) is 6.80. The molecule has 1 heterocycles. The van der Waals surface area contributed by atoms with E-state index in [2.05, 4.69) is 48.5 Å². The molecule has 1 saturated heterocycles. The molecule has 4 aromatic rings. The number of hydrogen-bond acceptors (Lipinski definition) is 5. The summed E-state index contributed by atoms with van der Waals surface area (Å²) < 4.78 is 32.0. The highest BCUT2D eigenvalue weighted by Crippen LogP contribution is 2.27. The number of ether oxygens (including phenoxy) is 5. The first kappa shape index (κ1) is 27.3. The van der Waals surface area contributed by atoms with Crippen LogP contribution in [0, 0.1) is 0 Å². The van der Waals surface area contributed by atoms with Gasteiger partial charge in [0, 0.05) is 0 Å². The van der Waals surface area contributed by atoms with Crippen LogP contribution in [-0.2, 0) is 50.1 Å². The van der Waals surface area contributed by atoms with Gasteiger partial charge in [0.15, 0.2) is 0 Å². The van der Waals surface area contributed by atoms with Gasteiger partial charge in [0.2, 0.25) is 0 Å². The van der Waals surface area contributed by atoms with Gasteiger partial charge < -0.3 is 23.7 Å². The topological polar surface area (TPSA) is 46.2 Å². The number of hydrogen-bond donors (Lipinski definition) is 0. The molecule has 5 nitrogen and oxygen atoms in total. The minimum Gasteiger partial charge on any atom is -0.374 e. The van der Waals surface area contributed by atoms with E-state index in [-0.39, 0.29) is 24.4 Å². The summed E-state index contributed by atoms with van der Waals surface area (Å²) in [6.45, 7) is 2.68. The molecule has 0 bridgehead atoms. The van der Waals surface area contributed by atoms with Crippen molar-refractivity contribution in [3.05, 3.63) is 144 Å². The highest BCUT2D eigenvalue weighted by Gasteiger charge is 2.43. The molecule has 0 saturated carbocycles. The van der Waals surface area contributed by atoms with Crippen molar-refractivity contribution in [3.8, 4) is 0 Å². The zero-order chi connectivity index (χ0) is 26.5. The van der Waals surface area contributed by atoms with Gasteiger partial charge in [0.25, 0.3) is 0 Å². The van der Waals surface area contributed by atoms with Crippen molar-refractivity contribution in [1.82, 2.24) is 0 Å². The summed E-state index contributed by atoms with van der Waals surface area (Å²) in [7, 11) is 0. The molecule has 0 aliphatic carbocycles. The van der Waals surface area contributed by atoms with Crippen molar-refractivity contribution >= 4 is 0 Å². The fourth-order valence-electron chi connectivity index (χ4n) is 4.70. The molecule has 4 aromatic carbocycles. The van der Waals surface area contributed by atoms with Crippen LogP contribution in [0.3, 0.4) is 0 Å². The largest absolute Gasteiger partial charge is 0.374 e. The molecule has 5 heteroatoms. The normalized spacial score (nSPS) is 21.0. The standard InChI is InChI=1S/C34H36O5/c1-5-13-27(14-6-1)21-35-25-31-33(38-23-29-17-9-3-10-18-29)34(39-24-30-19-11-4-12-20-30)32(26-37-31)36-22-28-15-7-2-8-16-28/h1-20,31-34H,21-26H2/t31-,32-,33-,34-/m1/s1. The summed E-state index contributed by atoms with van der Waals surface area (Å²) in [5, 5.41) is 0. The minimum atomic E-state index is -0.376. The van der Waals surface area contributed by atoms with Gasteiger partial charge >= 0.3 is 0 Å². The van der Waals surface area contributed by atoms with Crippen LogP contribution in [0.25, 0.3) is 0 Å². The van der Waals surface area contributed by atoms with E-state index in [9.17, 15) is 0 Å². The SMILES string of the molecule is c1ccc(COC[C@H]2OC[C@@H](OCc3ccccc3)[C@@H](OCc3ccccc3)[C@@H]2OCc2ccccc2)cc1. The fraction of sp³-hybridized carbons (Fsp3) is 0.294. The maximum absolute atomic E-state index is 6.58. The lowest BCUT2D eigenvalue weighted by molar-refractivity contribution is -0.246. The Labute approximate surface area is 231 Å². The molecule has 1 aliphatic heterocycles. The molecular weight excluding hydrogens is 488 g/mol. The third-order valence-electron chi connectivity index (χ3n) is 6.80. The van der Waals surface area contributed by atoms with Crippen molar-refractivity contribution in [1.29, 1.82) is 0 Å². The molecule has 0 amide bonds. The van der Waals surface area contributed by atoms with E-state index in [0.29, 0.717) is 39.6 Å². The molecule has 1 aliphatic rings. The van der Waals surface area contributed by atoms with Gasteiger partial charge in [0.1, 0.15) is 24.4 Å². The van der Waals surface area contributed by atoms with E-state index in [1.54, 1.807) is 0 Å². The summed E-state index contributed by atoms with van der Waals surface area (Å²) in [5.41, 5.74) is 4.42. The Morgan fingerprint density at radius 3 is 1.38 bits per heavy atom. The van der Waals surface area contributed by atoms with Crippen molar-refractivity contribution < 1.29 is 23.7 Å². The second-order valence-corrected chi connectivity index (χ2v) is 9.73. The summed E-state index contributed by atoms with van der Waals surface area (Å²) in [6, 6.07) is 40.7. The lowest BCUT2D eigenvalue weighted by atomic mass is 9.99. The van der Waals surface area contributed by atoms with Crippen LogP contribution >= 0.6 is 0 Å². The fourth-order valence-corrected chi connectivity index (χ4v) is 4.70. The molecule has 5 rings (SSSR count). The summed E-state index contributed by atoms with van der Waals surface area (Å²) >= 11 is 0. The molecule has 4 atom stereocenters. The highest BCUT2D eigenvalue weighted by atomic mass is 16.6. The Balaban J connectivity index is 1.32. The van der Waals surface area contributed by atoms with Gasteiger partial charge in [-0.2, -0.15) is 0 Å². The van der Waals surface area contributed by atoms with Crippen molar-refractivity contribution in [3.63, 3.8) is 0 Å². The van der Waals surface area contributed by atoms with Crippen LogP contribution in [0.1, 0.15) is 22.3 Å². The predicted octanol–water partition coefficient (Wildman–Crippen LogP) is 6.36. The van der Waals surface area contributed by atoms with Crippen LogP contribution < -0.4 is 0 Å². The Morgan fingerprint density at radius 1 is 0.487 bits per heavy atom. The Morgan fingerprint density at radius 2 is 0.897 bits per heavy atom. The van der Waals surface area contributed by atoms with Crippen molar-refractivity contribution in [2.75, 3.05) is 13.2 Å².